The van der Waals surface area contributed by atoms with Crippen LogP contribution in [0.1, 0.15) is 63.0 Å². The molecule has 0 bridgehead atoms. The molecule has 0 unspecified atom stereocenters. The van der Waals surface area contributed by atoms with Crippen LogP contribution in [0, 0.1) is 0 Å². The van der Waals surface area contributed by atoms with Crippen LogP contribution < -0.4 is 0 Å². The number of carbonyl (C=O) groups is 1. The van der Waals surface area contributed by atoms with Crippen molar-refractivity contribution in [3.8, 4) is 16.3 Å². The van der Waals surface area contributed by atoms with Crippen LogP contribution in [0.2, 0.25) is 5.02 Å². The number of halogens is 1. The first-order valence-electron chi connectivity index (χ1n) is 9.99. The molecule has 0 amide bonds. The first-order valence-corrected chi connectivity index (χ1v) is 12.2. The van der Waals surface area contributed by atoms with E-state index in [1.807, 2.05) is 12.1 Å². The van der Waals surface area contributed by atoms with Crippen LogP contribution in [0.3, 0.4) is 0 Å². The maximum Gasteiger partial charge on any atom is 0.175 e. The summed E-state index contributed by atoms with van der Waals surface area (Å²) in [6.45, 7) is 12.5. The van der Waals surface area contributed by atoms with E-state index in [4.69, 9.17) is 11.6 Å². The number of aromatic hydroxyl groups is 1. The molecule has 4 nitrogen and oxygen atoms in total. The number of benzene rings is 2. The van der Waals surface area contributed by atoms with Crippen molar-refractivity contribution in [1.29, 1.82) is 0 Å². The third kappa shape index (κ3) is 5.68. The Morgan fingerprint density at radius 3 is 2.06 bits per heavy atom. The van der Waals surface area contributed by atoms with Crippen LogP contribution in [0.15, 0.2) is 40.7 Å². The molecule has 3 rings (SSSR count). The van der Waals surface area contributed by atoms with Gasteiger partial charge in [-0.05, 0) is 47.2 Å². The Bertz CT molecular complexity index is 1060. The number of aromatic nitrogens is 2. The second-order valence-electron chi connectivity index (χ2n) is 9.51. The molecule has 31 heavy (non-hydrogen) atoms. The molecule has 0 saturated carbocycles. The Balaban J connectivity index is 1.86. The van der Waals surface area contributed by atoms with Crippen molar-refractivity contribution in [3.63, 3.8) is 0 Å². The van der Waals surface area contributed by atoms with Gasteiger partial charge in [-0.2, -0.15) is 0 Å². The van der Waals surface area contributed by atoms with Crippen molar-refractivity contribution in [3.05, 3.63) is 58.1 Å². The van der Waals surface area contributed by atoms with E-state index in [9.17, 15) is 9.90 Å². The van der Waals surface area contributed by atoms with Crippen LogP contribution in [-0.2, 0) is 10.8 Å². The molecule has 1 heterocycles. The van der Waals surface area contributed by atoms with E-state index >= 15 is 0 Å². The lowest BCUT2D eigenvalue weighted by Gasteiger charge is -2.27. The normalized spacial score (nSPS) is 12.2. The van der Waals surface area contributed by atoms with Gasteiger partial charge in [0.15, 0.2) is 10.1 Å². The highest BCUT2D eigenvalue weighted by Crippen LogP contribution is 2.42. The van der Waals surface area contributed by atoms with Crippen LogP contribution in [0.5, 0.6) is 5.75 Å². The van der Waals surface area contributed by atoms with Gasteiger partial charge in [0.1, 0.15) is 10.8 Å². The predicted molar refractivity (Wildman–Crippen MR) is 131 cm³/mol. The van der Waals surface area contributed by atoms with Crippen LogP contribution >= 0.6 is 34.7 Å². The van der Waals surface area contributed by atoms with Gasteiger partial charge in [0.25, 0.3) is 0 Å². The summed E-state index contributed by atoms with van der Waals surface area (Å²) in [5, 5.41) is 20.9. The summed E-state index contributed by atoms with van der Waals surface area (Å²) in [7, 11) is 0. The lowest BCUT2D eigenvalue weighted by atomic mass is 9.78. The Morgan fingerprint density at radius 2 is 1.55 bits per heavy atom. The third-order valence-electron chi connectivity index (χ3n) is 4.87. The number of phenolic OH excluding ortho intramolecular Hbond substituents is 1. The lowest BCUT2D eigenvalue weighted by molar-refractivity contribution is 0.102. The molecule has 0 saturated heterocycles. The molecule has 1 aromatic heterocycles. The Hall–Kier alpha value is -1.89. The quantitative estimate of drug-likeness (QED) is 0.314. The Labute approximate surface area is 197 Å². The van der Waals surface area contributed by atoms with Gasteiger partial charge in [-0.3, -0.25) is 4.79 Å². The highest BCUT2D eigenvalue weighted by atomic mass is 35.5. The fourth-order valence-corrected chi connectivity index (χ4v) is 4.99. The van der Waals surface area contributed by atoms with Gasteiger partial charge >= 0.3 is 0 Å². The molecule has 2 aromatic carbocycles. The highest BCUT2D eigenvalue weighted by molar-refractivity contribution is 8.01. The van der Waals surface area contributed by atoms with Gasteiger partial charge in [0.2, 0.25) is 0 Å². The minimum Gasteiger partial charge on any atom is -0.507 e. The SMILES string of the molecule is CC(C)(C)c1cc(-c2nnc(SCC(=O)c3ccc(Cl)cc3)s2)cc(C(C)(C)C)c1O. The van der Waals surface area contributed by atoms with Gasteiger partial charge in [0.05, 0.1) is 5.75 Å². The maximum absolute atomic E-state index is 12.4. The fourth-order valence-electron chi connectivity index (χ4n) is 3.13. The summed E-state index contributed by atoms with van der Waals surface area (Å²) in [4.78, 5) is 12.4. The van der Waals surface area contributed by atoms with Gasteiger partial charge in [-0.25, -0.2) is 0 Å². The predicted octanol–water partition coefficient (Wildman–Crippen LogP) is 7.13. The van der Waals surface area contributed by atoms with E-state index in [1.165, 1.54) is 23.1 Å². The molecular weight excluding hydrogens is 448 g/mol. The average molecular weight is 475 g/mol. The number of hydrogen-bond acceptors (Lipinski definition) is 6. The summed E-state index contributed by atoms with van der Waals surface area (Å²) in [6, 6.07) is 10.9. The second-order valence-corrected chi connectivity index (χ2v) is 12.1. The zero-order valence-corrected chi connectivity index (χ0v) is 21.0. The molecule has 7 heteroatoms. The molecule has 164 valence electrons. The minimum absolute atomic E-state index is 0.0214. The van der Waals surface area contributed by atoms with Crippen molar-refractivity contribution in [1.82, 2.24) is 10.2 Å². The van der Waals surface area contributed by atoms with E-state index in [1.54, 1.807) is 24.3 Å². The summed E-state index contributed by atoms with van der Waals surface area (Å²) >= 11 is 8.72. The molecule has 1 N–H and O–H groups in total. The topological polar surface area (TPSA) is 63.1 Å². The minimum atomic E-state index is -0.215. The number of rotatable bonds is 5. The zero-order chi connectivity index (χ0) is 23.0. The summed E-state index contributed by atoms with van der Waals surface area (Å²) < 4.78 is 0.736. The van der Waals surface area contributed by atoms with Crippen molar-refractivity contribution in [2.24, 2.45) is 0 Å². The number of thioether (sulfide) groups is 1. The number of nitrogens with zero attached hydrogens (tertiary/aromatic N) is 2. The van der Waals surface area contributed by atoms with Gasteiger partial charge in [-0.1, -0.05) is 76.2 Å². The number of hydrogen-bond donors (Lipinski definition) is 1. The monoisotopic (exact) mass is 474 g/mol. The van der Waals surface area contributed by atoms with E-state index in [-0.39, 0.29) is 22.4 Å². The largest absolute Gasteiger partial charge is 0.507 e. The molecular formula is C24H27ClN2O2S2. The van der Waals surface area contributed by atoms with Crippen molar-refractivity contribution < 1.29 is 9.90 Å². The maximum atomic E-state index is 12.4. The summed E-state index contributed by atoms with van der Waals surface area (Å²) in [5.41, 5.74) is 2.90. The van der Waals surface area contributed by atoms with E-state index in [0.717, 1.165) is 26.0 Å². The highest BCUT2D eigenvalue weighted by Gasteiger charge is 2.27. The fraction of sp³-hybridized carbons (Fsp3) is 0.375. The van der Waals surface area contributed by atoms with Crippen molar-refractivity contribution >= 4 is 40.5 Å². The van der Waals surface area contributed by atoms with Gasteiger partial charge < -0.3 is 5.11 Å². The lowest BCUT2D eigenvalue weighted by Crippen LogP contribution is -2.17. The molecule has 0 fully saturated rings. The van der Waals surface area contributed by atoms with Gasteiger partial charge in [-0.15, -0.1) is 10.2 Å². The molecule has 0 spiro atoms. The van der Waals surface area contributed by atoms with Crippen LogP contribution in [0.25, 0.3) is 10.6 Å². The molecule has 0 aliphatic rings. The number of Topliss-reactive ketones (excluding diaryl/α,β-unsaturated/α-hetero) is 1. The van der Waals surface area contributed by atoms with E-state index in [0.29, 0.717) is 16.3 Å². The van der Waals surface area contributed by atoms with Crippen LogP contribution in [-0.4, -0.2) is 26.8 Å². The first kappa shape index (κ1) is 23.8. The van der Waals surface area contributed by atoms with Crippen LogP contribution in [0.4, 0.5) is 0 Å². The first-order chi connectivity index (χ1) is 14.4. The average Bonchev–Trinajstić information content (AvgIpc) is 3.14. The Morgan fingerprint density at radius 1 is 1.00 bits per heavy atom. The third-order valence-corrected chi connectivity index (χ3v) is 7.23. The summed E-state index contributed by atoms with van der Waals surface area (Å²) in [6.07, 6.45) is 0. The standard InChI is InChI=1S/C24H27ClN2O2S2/c1-23(2,3)17-11-15(12-18(20(17)29)24(4,5)6)21-26-27-22(31-21)30-13-19(28)14-7-9-16(25)10-8-14/h7-12,29H,13H2,1-6H3. The molecule has 0 radical (unpaired) electrons. The number of ketones is 1. The van der Waals surface area contributed by atoms with Gasteiger partial charge in [0, 0.05) is 27.3 Å². The smallest absolute Gasteiger partial charge is 0.175 e. The molecule has 0 aliphatic heterocycles. The van der Waals surface area contributed by atoms with Crippen molar-refractivity contribution in [2.75, 3.05) is 5.75 Å². The number of carbonyl (C=O) groups excluding carboxylic acids is 1. The Kier molecular flexibility index (Phi) is 6.84. The zero-order valence-electron chi connectivity index (χ0n) is 18.6. The van der Waals surface area contributed by atoms with E-state index < -0.39 is 0 Å². The molecule has 0 aliphatic carbocycles. The molecule has 0 atom stereocenters. The molecule has 3 aromatic rings. The second kappa shape index (κ2) is 8.93. The summed E-state index contributed by atoms with van der Waals surface area (Å²) in [5.74, 6) is 0.649. The number of phenols is 1. The van der Waals surface area contributed by atoms with E-state index in [2.05, 4.69) is 51.7 Å². The van der Waals surface area contributed by atoms with Crippen molar-refractivity contribution in [2.45, 2.75) is 56.7 Å².